The van der Waals surface area contributed by atoms with Gasteiger partial charge in [0, 0.05) is 58.2 Å². The standard InChI is InChI=1S/C29H18N2O/c32-29-27-17-21(5-7-23-3-1-15-30-19-23)9-11-25(27)13-14-26-12-10-22(18-28(26)29)6-8-24-4-2-16-31-20-24/h1-4,9-12,15-20H,13-14H2. The summed E-state index contributed by atoms with van der Waals surface area (Å²) in [7, 11) is 0. The van der Waals surface area contributed by atoms with E-state index < -0.39 is 0 Å². The third-order valence-corrected chi connectivity index (χ3v) is 5.40. The molecule has 0 N–H and O–H groups in total. The summed E-state index contributed by atoms with van der Waals surface area (Å²) >= 11 is 0. The summed E-state index contributed by atoms with van der Waals surface area (Å²) in [6.45, 7) is 0. The highest BCUT2D eigenvalue weighted by molar-refractivity contribution is 6.11. The Hall–Kier alpha value is -4.47. The molecule has 0 unspecified atom stereocenters. The van der Waals surface area contributed by atoms with Gasteiger partial charge in [-0.2, -0.15) is 0 Å². The molecule has 2 aromatic heterocycles. The molecule has 0 amide bonds. The lowest BCUT2D eigenvalue weighted by Gasteiger charge is -2.06. The molecule has 0 fully saturated rings. The number of fused-ring (bicyclic) bond motifs is 2. The predicted molar refractivity (Wildman–Crippen MR) is 124 cm³/mol. The average Bonchev–Trinajstić information content (AvgIpc) is 2.99. The lowest BCUT2D eigenvalue weighted by atomic mass is 9.96. The number of benzene rings is 2. The van der Waals surface area contributed by atoms with Crippen molar-refractivity contribution in [1.82, 2.24) is 9.97 Å². The van der Waals surface area contributed by atoms with Gasteiger partial charge in [0.1, 0.15) is 0 Å². The Kier molecular flexibility index (Phi) is 5.31. The molecule has 0 atom stereocenters. The van der Waals surface area contributed by atoms with Gasteiger partial charge in [0.2, 0.25) is 0 Å². The molecule has 1 aliphatic rings. The minimum absolute atomic E-state index is 0.0301. The van der Waals surface area contributed by atoms with Crippen LogP contribution in [-0.4, -0.2) is 15.8 Å². The zero-order valence-electron chi connectivity index (χ0n) is 17.3. The molecule has 3 nitrogen and oxygen atoms in total. The molecule has 0 aliphatic heterocycles. The monoisotopic (exact) mass is 410 g/mol. The number of carbonyl (C=O) groups excluding carboxylic acids is 1. The fourth-order valence-corrected chi connectivity index (χ4v) is 3.74. The summed E-state index contributed by atoms with van der Waals surface area (Å²) in [5, 5.41) is 0. The number of nitrogens with zero attached hydrogens (tertiary/aromatic N) is 2. The quantitative estimate of drug-likeness (QED) is 0.398. The normalized spacial score (nSPS) is 11.7. The van der Waals surface area contributed by atoms with E-state index >= 15 is 0 Å². The van der Waals surface area contributed by atoms with Crippen LogP contribution in [0.4, 0.5) is 0 Å². The van der Waals surface area contributed by atoms with Crippen molar-refractivity contribution < 1.29 is 4.79 Å². The second-order valence-electron chi connectivity index (χ2n) is 7.56. The molecule has 3 heteroatoms. The number of aromatic nitrogens is 2. The zero-order valence-corrected chi connectivity index (χ0v) is 17.3. The third-order valence-electron chi connectivity index (χ3n) is 5.40. The van der Waals surface area contributed by atoms with E-state index in [1.54, 1.807) is 24.8 Å². The van der Waals surface area contributed by atoms with Crippen LogP contribution in [0.15, 0.2) is 85.5 Å². The number of rotatable bonds is 0. The Morgan fingerprint density at radius 2 is 1.06 bits per heavy atom. The van der Waals surface area contributed by atoms with Gasteiger partial charge in [-0.05, 0) is 72.5 Å². The van der Waals surface area contributed by atoms with E-state index in [0.29, 0.717) is 0 Å². The molecule has 150 valence electrons. The Labute approximate surface area is 187 Å². The van der Waals surface area contributed by atoms with Crippen LogP contribution in [0.2, 0.25) is 0 Å². The Morgan fingerprint density at radius 3 is 1.50 bits per heavy atom. The first-order valence-electron chi connectivity index (χ1n) is 10.4. The van der Waals surface area contributed by atoms with Gasteiger partial charge in [-0.15, -0.1) is 0 Å². The van der Waals surface area contributed by atoms with Crippen LogP contribution in [0.1, 0.15) is 49.3 Å². The van der Waals surface area contributed by atoms with E-state index in [1.807, 2.05) is 60.7 Å². The number of hydrogen-bond donors (Lipinski definition) is 0. The van der Waals surface area contributed by atoms with Crippen molar-refractivity contribution in [3.63, 3.8) is 0 Å². The summed E-state index contributed by atoms with van der Waals surface area (Å²) < 4.78 is 0. The first kappa shape index (κ1) is 19.5. The Bertz CT molecular complexity index is 1320. The summed E-state index contributed by atoms with van der Waals surface area (Å²) in [6, 6.07) is 19.4. The van der Waals surface area contributed by atoms with Crippen molar-refractivity contribution in [3.05, 3.63) is 130 Å². The molecule has 2 heterocycles. The summed E-state index contributed by atoms with van der Waals surface area (Å²) in [5.41, 5.74) is 6.88. The van der Waals surface area contributed by atoms with Crippen molar-refractivity contribution in [2.75, 3.05) is 0 Å². The Morgan fingerprint density at radius 1 is 0.594 bits per heavy atom. The smallest absolute Gasteiger partial charge is 0.193 e. The van der Waals surface area contributed by atoms with Gasteiger partial charge in [0.25, 0.3) is 0 Å². The van der Waals surface area contributed by atoms with Crippen LogP contribution < -0.4 is 0 Å². The van der Waals surface area contributed by atoms with E-state index in [0.717, 1.165) is 57.3 Å². The minimum atomic E-state index is 0.0301. The Balaban J connectivity index is 1.49. The summed E-state index contributed by atoms with van der Waals surface area (Å²) in [6.07, 6.45) is 8.55. The fourth-order valence-electron chi connectivity index (χ4n) is 3.74. The highest BCUT2D eigenvalue weighted by atomic mass is 16.1. The molecular formula is C29H18N2O. The molecule has 4 aromatic rings. The van der Waals surface area contributed by atoms with Crippen molar-refractivity contribution in [3.8, 4) is 23.7 Å². The molecule has 0 saturated heterocycles. The van der Waals surface area contributed by atoms with Crippen LogP contribution in [0.3, 0.4) is 0 Å². The molecular weight excluding hydrogens is 392 g/mol. The number of carbonyl (C=O) groups is 1. The van der Waals surface area contributed by atoms with Gasteiger partial charge in [-0.3, -0.25) is 14.8 Å². The molecule has 0 saturated carbocycles. The van der Waals surface area contributed by atoms with Crippen LogP contribution in [0.25, 0.3) is 0 Å². The average molecular weight is 410 g/mol. The SMILES string of the molecule is O=C1c2cc(C#Cc3cccnc3)ccc2CCc2ccc(C#Cc3cccnc3)cc21. The minimum Gasteiger partial charge on any atom is -0.289 e. The van der Waals surface area contributed by atoms with Gasteiger partial charge in [0.05, 0.1) is 0 Å². The number of hydrogen-bond acceptors (Lipinski definition) is 3. The van der Waals surface area contributed by atoms with Gasteiger partial charge in [-0.1, -0.05) is 35.8 Å². The van der Waals surface area contributed by atoms with Crippen molar-refractivity contribution in [2.45, 2.75) is 12.8 Å². The van der Waals surface area contributed by atoms with Crippen molar-refractivity contribution in [1.29, 1.82) is 0 Å². The van der Waals surface area contributed by atoms with Gasteiger partial charge in [0.15, 0.2) is 5.78 Å². The van der Waals surface area contributed by atoms with E-state index in [2.05, 4.69) is 33.6 Å². The largest absolute Gasteiger partial charge is 0.289 e. The lowest BCUT2D eigenvalue weighted by molar-refractivity contribution is 0.103. The number of aryl methyl sites for hydroxylation is 2. The second kappa shape index (κ2) is 8.72. The van der Waals surface area contributed by atoms with Gasteiger partial charge >= 0.3 is 0 Å². The summed E-state index contributed by atoms with van der Waals surface area (Å²) in [4.78, 5) is 21.6. The summed E-state index contributed by atoms with van der Waals surface area (Å²) in [5.74, 6) is 12.6. The van der Waals surface area contributed by atoms with Gasteiger partial charge < -0.3 is 0 Å². The van der Waals surface area contributed by atoms with Crippen LogP contribution in [-0.2, 0) is 12.8 Å². The van der Waals surface area contributed by atoms with E-state index in [9.17, 15) is 4.79 Å². The first-order chi connectivity index (χ1) is 15.8. The number of ketones is 1. The van der Waals surface area contributed by atoms with E-state index in [4.69, 9.17) is 0 Å². The third kappa shape index (κ3) is 4.19. The van der Waals surface area contributed by atoms with Gasteiger partial charge in [-0.25, -0.2) is 0 Å². The highest BCUT2D eigenvalue weighted by Gasteiger charge is 2.21. The fraction of sp³-hybridized carbons (Fsp3) is 0.0690. The van der Waals surface area contributed by atoms with Crippen molar-refractivity contribution in [2.24, 2.45) is 0 Å². The molecule has 5 rings (SSSR count). The maximum absolute atomic E-state index is 13.5. The van der Waals surface area contributed by atoms with Crippen LogP contribution in [0, 0.1) is 23.7 Å². The van der Waals surface area contributed by atoms with E-state index in [-0.39, 0.29) is 5.78 Å². The first-order valence-corrected chi connectivity index (χ1v) is 10.4. The molecule has 0 spiro atoms. The highest BCUT2D eigenvalue weighted by Crippen LogP contribution is 2.26. The molecule has 2 aromatic carbocycles. The predicted octanol–water partition coefficient (Wildman–Crippen LogP) is 4.61. The molecule has 0 bridgehead atoms. The van der Waals surface area contributed by atoms with E-state index in [1.165, 1.54) is 0 Å². The lowest BCUT2D eigenvalue weighted by Crippen LogP contribution is -2.05. The maximum Gasteiger partial charge on any atom is 0.193 e. The van der Waals surface area contributed by atoms with Crippen molar-refractivity contribution >= 4 is 5.78 Å². The molecule has 32 heavy (non-hydrogen) atoms. The van der Waals surface area contributed by atoms with Crippen LogP contribution >= 0.6 is 0 Å². The number of pyridine rings is 2. The molecule has 1 aliphatic carbocycles. The molecule has 0 radical (unpaired) electrons. The van der Waals surface area contributed by atoms with Crippen LogP contribution in [0.5, 0.6) is 0 Å². The maximum atomic E-state index is 13.5. The zero-order chi connectivity index (χ0) is 21.8. The topological polar surface area (TPSA) is 42.9 Å². The second-order valence-corrected chi connectivity index (χ2v) is 7.56.